The molecule has 0 unspecified atom stereocenters. The first kappa shape index (κ1) is 17.4. The number of aromatic nitrogens is 2. The highest BCUT2D eigenvalue weighted by atomic mass is 35.5. The van der Waals surface area contributed by atoms with Crippen LogP contribution < -0.4 is 5.32 Å². The maximum Gasteiger partial charge on any atom is 0.277 e. The second kappa shape index (κ2) is 8.13. The zero-order valence-electron chi connectivity index (χ0n) is 12.9. The van der Waals surface area contributed by atoms with Crippen molar-refractivity contribution in [3.63, 3.8) is 0 Å². The number of thioether (sulfide) groups is 1. The van der Waals surface area contributed by atoms with Crippen LogP contribution in [-0.2, 0) is 11.3 Å². The van der Waals surface area contributed by atoms with E-state index in [1.54, 1.807) is 18.2 Å². The topological polar surface area (TPSA) is 68.0 Å². The molecule has 2 aromatic carbocycles. The van der Waals surface area contributed by atoms with Crippen LogP contribution in [0.3, 0.4) is 0 Å². The lowest BCUT2D eigenvalue weighted by Gasteiger charge is -2.05. The molecule has 0 bridgehead atoms. The van der Waals surface area contributed by atoms with Crippen molar-refractivity contribution in [1.82, 2.24) is 15.5 Å². The van der Waals surface area contributed by atoms with Crippen molar-refractivity contribution in [3.05, 3.63) is 64.9 Å². The number of nitrogens with one attached hydrogen (secondary N) is 1. The van der Waals surface area contributed by atoms with Gasteiger partial charge in [-0.3, -0.25) is 4.79 Å². The van der Waals surface area contributed by atoms with Crippen molar-refractivity contribution >= 4 is 29.3 Å². The van der Waals surface area contributed by atoms with Crippen LogP contribution in [0.2, 0.25) is 5.02 Å². The van der Waals surface area contributed by atoms with E-state index in [1.165, 1.54) is 12.1 Å². The first-order valence-corrected chi connectivity index (χ1v) is 8.70. The Balaban J connectivity index is 1.51. The quantitative estimate of drug-likeness (QED) is 0.659. The molecule has 0 spiro atoms. The lowest BCUT2D eigenvalue weighted by molar-refractivity contribution is -0.118. The average molecular weight is 378 g/mol. The fourth-order valence-corrected chi connectivity index (χ4v) is 2.79. The fourth-order valence-electron chi connectivity index (χ4n) is 1.99. The van der Waals surface area contributed by atoms with Crippen LogP contribution in [0, 0.1) is 5.82 Å². The van der Waals surface area contributed by atoms with Crippen LogP contribution in [-0.4, -0.2) is 21.9 Å². The molecule has 5 nitrogen and oxygen atoms in total. The second-order valence-electron chi connectivity index (χ2n) is 5.04. The van der Waals surface area contributed by atoms with E-state index in [1.807, 2.05) is 18.2 Å². The van der Waals surface area contributed by atoms with Gasteiger partial charge in [-0.15, -0.1) is 10.2 Å². The molecule has 1 amide bonds. The van der Waals surface area contributed by atoms with Gasteiger partial charge in [-0.2, -0.15) is 0 Å². The molecule has 0 aliphatic heterocycles. The van der Waals surface area contributed by atoms with Gasteiger partial charge in [0.1, 0.15) is 5.82 Å². The van der Waals surface area contributed by atoms with Gasteiger partial charge in [0.2, 0.25) is 11.8 Å². The van der Waals surface area contributed by atoms with E-state index in [0.29, 0.717) is 17.1 Å². The summed E-state index contributed by atoms with van der Waals surface area (Å²) in [6, 6.07) is 13.0. The molecule has 8 heteroatoms. The third kappa shape index (κ3) is 4.80. The van der Waals surface area contributed by atoms with E-state index in [4.69, 9.17) is 16.0 Å². The molecule has 0 aliphatic rings. The highest BCUT2D eigenvalue weighted by molar-refractivity contribution is 7.99. The third-order valence-corrected chi connectivity index (χ3v) is 4.45. The number of halogens is 2. The van der Waals surface area contributed by atoms with Gasteiger partial charge in [-0.25, -0.2) is 4.39 Å². The minimum atomic E-state index is -0.340. The Morgan fingerprint density at radius 3 is 2.68 bits per heavy atom. The Labute approximate surface area is 152 Å². The molecular weight excluding hydrogens is 365 g/mol. The van der Waals surface area contributed by atoms with Crippen molar-refractivity contribution in [1.29, 1.82) is 0 Å². The maximum absolute atomic E-state index is 12.9. The summed E-state index contributed by atoms with van der Waals surface area (Å²) in [6.07, 6.45) is 0. The van der Waals surface area contributed by atoms with Gasteiger partial charge >= 0.3 is 0 Å². The van der Waals surface area contributed by atoms with E-state index in [-0.39, 0.29) is 28.6 Å². The Kier molecular flexibility index (Phi) is 5.67. The molecule has 1 N–H and O–H groups in total. The predicted octanol–water partition coefficient (Wildman–Crippen LogP) is 3.94. The van der Waals surface area contributed by atoms with Crippen molar-refractivity contribution in [2.45, 2.75) is 11.8 Å². The molecule has 0 radical (unpaired) electrons. The fraction of sp³-hybridized carbons (Fsp3) is 0.118. The number of hydrogen-bond donors (Lipinski definition) is 1. The molecule has 128 valence electrons. The van der Waals surface area contributed by atoms with Crippen LogP contribution in [0.5, 0.6) is 0 Å². The predicted molar refractivity (Wildman–Crippen MR) is 93.7 cm³/mol. The third-order valence-electron chi connectivity index (χ3n) is 3.26. The van der Waals surface area contributed by atoms with Crippen molar-refractivity contribution < 1.29 is 13.6 Å². The lowest BCUT2D eigenvalue weighted by Crippen LogP contribution is -2.24. The summed E-state index contributed by atoms with van der Waals surface area (Å²) >= 11 is 7.17. The highest BCUT2D eigenvalue weighted by Gasteiger charge is 2.11. The molecular formula is C17H13ClFN3O2S. The summed E-state index contributed by atoms with van der Waals surface area (Å²) in [5.74, 6) is -0.103. The minimum absolute atomic E-state index is 0.134. The smallest absolute Gasteiger partial charge is 0.277 e. The SMILES string of the molecule is O=C(CSc1nnc(-c2ccc(F)cc2)o1)NCc1ccccc1Cl. The van der Waals surface area contributed by atoms with Gasteiger partial charge in [0.25, 0.3) is 5.22 Å². The Morgan fingerprint density at radius 1 is 1.16 bits per heavy atom. The van der Waals surface area contributed by atoms with E-state index >= 15 is 0 Å². The highest BCUT2D eigenvalue weighted by Crippen LogP contribution is 2.23. The molecule has 1 heterocycles. The molecule has 0 aliphatic carbocycles. The lowest BCUT2D eigenvalue weighted by atomic mass is 10.2. The number of nitrogens with zero attached hydrogens (tertiary/aromatic N) is 2. The van der Waals surface area contributed by atoms with Gasteiger partial charge < -0.3 is 9.73 Å². The van der Waals surface area contributed by atoms with Crippen LogP contribution in [0.1, 0.15) is 5.56 Å². The monoisotopic (exact) mass is 377 g/mol. The van der Waals surface area contributed by atoms with Gasteiger partial charge in [-0.1, -0.05) is 41.6 Å². The van der Waals surface area contributed by atoms with Crippen LogP contribution in [0.15, 0.2) is 58.2 Å². The molecule has 0 saturated heterocycles. The molecule has 1 aromatic heterocycles. The summed E-state index contributed by atoms with van der Waals surface area (Å²) < 4.78 is 18.4. The Hall–Kier alpha value is -2.38. The summed E-state index contributed by atoms with van der Waals surface area (Å²) in [6.45, 7) is 0.351. The molecule has 0 atom stereocenters. The summed E-state index contributed by atoms with van der Waals surface area (Å²) in [7, 11) is 0. The summed E-state index contributed by atoms with van der Waals surface area (Å²) in [5.41, 5.74) is 1.46. The zero-order chi connectivity index (χ0) is 17.6. The zero-order valence-corrected chi connectivity index (χ0v) is 14.5. The van der Waals surface area contributed by atoms with E-state index in [9.17, 15) is 9.18 Å². The first-order chi connectivity index (χ1) is 12.1. The number of carbonyl (C=O) groups is 1. The number of hydrogen-bond acceptors (Lipinski definition) is 5. The standard InChI is InChI=1S/C17H13ClFN3O2S/c18-14-4-2-1-3-12(14)9-20-15(23)10-25-17-22-21-16(24-17)11-5-7-13(19)8-6-11/h1-8H,9-10H2,(H,20,23). The Bertz CT molecular complexity index is 870. The Morgan fingerprint density at radius 2 is 1.92 bits per heavy atom. The van der Waals surface area contributed by atoms with Gasteiger partial charge in [-0.05, 0) is 35.9 Å². The first-order valence-electron chi connectivity index (χ1n) is 7.34. The summed E-state index contributed by atoms with van der Waals surface area (Å²) in [5, 5.41) is 11.4. The molecule has 0 fully saturated rings. The van der Waals surface area contributed by atoms with Crippen LogP contribution in [0.25, 0.3) is 11.5 Å². The normalized spacial score (nSPS) is 10.6. The number of rotatable bonds is 6. The van der Waals surface area contributed by atoms with Crippen LogP contribution >= 0.6 is 23.4 Å². The molecule has 3 aromatic rings. The van der Waals surface area contributed by atoms with E-state index in [2.05, 4.69) is 15.5 Å². The molecule has 3 rings (SSSR count). The number of carbonyl (C=O) groups excluding carboxylic acids is 1. The van der Waals surface area contributed by atoms with E-state index in [0.717, 1.165) is 17.3 Å². The molecule has 0 saturated carbocycles. The van der Waals surface area contributed by atoms with Crippen molar-refractivity contribution in [2.75, 3.05) is 5.75 Å². The van der Waals surface area contributed by atoms with Gasteiger partial charge in [0.05, 0.1) is 5.75 Å². The van der Waals surface area contributed by atoms with Gasteiger partial charge in [0, 0.05) is 17.1 Å². The van der Waals surface area contributed by atoms with E-state index < -0.39 is 0 Å². The summed E-state index contributed by atoms with van der Waals surface area (Å²) in [4.78, 5) is 11.9. The number of amides is 1. The molecule has 25 heavy (non-hydrogen) atoms. The van der Waals surface area contributed by atoms with Crippen molar-refractivity contribution in [3.8, 4) is 11.5 Å². The average Bonchev–Trinajstić information content (AvgIpc) is 3.09. The van der Waals surface area contributed by atoms with Crippen LogP contribution in [0.4, 0.5) is 4.39 Å². The van der Waals surface area contributed by atoms with Crippen molar-refractivity contribution in [2.24, 2.45) is 0 Å². The largest absolute Gasteiger partial charge is 0.411 e. The number of benzene rings is 2. The minimum Gasteiger partial charge on any atom is -0.411 e. The maximum atomic E-state index is 12.9. The van der Waals surface area contributed by atoms with Gasteiger partial charge in [0.15, 0.2) is 0 Å². The second-order valence-corrected chi connectivity index (χ2v) is 6.37.